The van der Waals surface area contributed by atoms with Gasteiger partial charge in [0, 0.05) is 0 Å². The molecule has 3 aromatic rings. The van der Waals surface area contributed by atoms with Gasteiger partial charge >= 0.3 is 25.0 Å². The van der Waals surface area contributed by atoms with Crippen molar-refractivity contribution in [1.82, 2.24) is 20.0 Å². The summed E-state index contributed by atoms with van der Waals surface area (Å²) in [5.74, 6) is -7.19. The zero-order valence-corrected chi connectivity index (χ0v) is 26.6. The van der Waals surface area contributed by atoms with Gasteiger partial charge in [0.1, 0.15) is 11.8 Å². The van der Waals surface area contributed by atoms with Gasteiger partial charge in [-0.25, -0.2) is 28.1 Å². The van der Waals surface area contributed by atoms with E-state index in [1.165, 1.54) is 0 Å². The fourth-order valence-electron chi connectivity index (χ4n) is 4.64. The lowest BCUT2D eigenvalue weighted by Crippen LogP contribution is -2.56. The molecule has 49 heavy (non-hydrogen) atoms. The molecule has 1 heterocycles. The smallest absolute Gasteiger partial charge is 0.481 e. The molecular weight excluding hydrogens is 667 g/mol. The highest BCUT2D eigenvalue weighted by Gasteiger charge is 2.48. The van der Waals surface area contributed by atoms with Crippen molar-refractivity contribution in [3.63, 3.8) is 0 Å². The van der Waals surface area contributed by atoms with Crippen molar-refractivity contribution in [2.24, 2.45) is 5.92 Å². The van der Waals surface area contributed by atoms with Crippen LogP contribution in [-0.4, -0.2) is 87.2 Å². The number of aliphatic carboxylic acids is 3. The average molecular weight is 700 g/mol. The molecule has 0 saturated heterocycles. The number of carboxylic acids is 3. The third-order valence-electron chi connectivity index (χ3n) is 7.27. The van der Waals surface area contributed by atoms with Gasteiger partial charge in [-0.3, -0.25) is 19.2 Å². The van der Waals surface area contributed by atoms with Crippen molar-refractivity contribution in [2.45, 2.75) is 61.1 Å². The van der Waals surface area contributed by atoms with E-state index in [1.54, 1.807) is 60.7 Å². The molecule has 1 aliphatic carbocycles. The molecule has 4 rings (SSSR count). The molecule has 0 bridgehead atoms. The monoisotopic (exact) mass is 700 g/mol. The number of carbonyl (C=O) groups excluding carboxylic acids is 1. The van der Waals surface area contributed by atoms with Gasteiger partial charge in [-0.15, -0.1) is 0 Å². The second kappa shape index (κ2) is 16.4. The SMILES string of the molecule is O=C(O)CC(CC(=O)O)(OOB(O)[C@H](CC1CC1)NC(=O)[C@H](Cc1ccccc1)NS(=O)(=O)c1cnc(Oc2ccccc2)cn1)C(=O)O. The maximum absolute atomic E-state index is 13.7. The Morgan fingerprint density at radius 3 is 2.06 bits per heavy atom. The van der Waals surface area contributed by atoms with Gasteiger partial charge in [0.2, 0.25) is 17.4 Å². The molecule has 0 unspecified atom stereocenters. The Hall–Kier alpha value is -4.95. The summed E-state index contributed by atoms with van der Waals surface area (Å²) in [4.78, 5) is 65.8. The van der Waals surface area contributed by atoms with Gasteiger partial charge in [0.25, 0.3) is 10.0 Å². The molecule has 0 spiro atoms. The van der Waals surface area contributed by atoms with Crippen LogP contribution in [0.2, 0.25) is 0 Å². The van der Waals surface area contributed by atoms with Gasteiger partial charge < -0.3 is 30.4 Å². The molecule has 1 amide bonds. The first kappa shape index (κ1) is 36.9. The maximum atomic E-state index is 13.7. The lowest BCUT2D eigenvalue weighted by atomic mass is 9.76. The molecule has 6 N–H and O–H groups in total. The van der Waals surface area contributed by atoms with Crippen LogP contribution in [0.1, 0.15) is 37.7 Å². The Balaban J connectivity index is 1.52. The third kappa shape index (κ3) is 11.0. The maximum Gasteiger partial charge on any atom is 0.510 e. The van der Waals surface area contributed by atoms with Crippen LogP contribution >= 0.6 is 0 Å². The molecule has 0 aliphatic heterocycles. The van der Waals surface area contributed by atoms with Crippen molar-refractivity contribution in [1.29, 1.82) is 0 Å². The van der Waals surface area contributed by atoms with E-state index in [0.717, 1.165) is 25.2 Å². The number of hydrogen-bond donors (Lipinski definition) is 6. The minimum atomic E-state index is -4.48. The number of carbonyl (C=O) groups is 4. The zero-order valence-electron chi connectivity index (χ0n) is 25.7. The number of ether oxygens (including phenoxy) is 1. The normalized spacial score (nSPS) is 14.3. The first-order valence-corrected chi connectivity index (χ1v) is 16.4. The van der Waals surface area contributed by atoms with Crippen molar-refractivity contribution in [3.8, 4) is 11.6 Å². The molecule has 19 heteroatoms. The van der Waals surface area contributed by atoms with Crippen LogP contribution < -0.4 is 14.8 Å². The second-order valence-corrected chi connectivity index (χ2v) is 12.9. The highest BCUT2D eigenvalue weighted by molar-refractivity contribution is 7.89. The average Bonchev–Trinajstić information content (AvgIpc) is 3.87. The Morgan fingerprint density at radius 2 is 1.53 bits per heavy atom. The minimum absolute atomic E-state index is 0.00183. The molecule has 1 aliphatic rings. The molecule has 260 valence electrons. The van der Waals surface area contributed by atoms with E-state index in [4.69, 9.17) is 14.4 Å². The number of benzene rings is 2. The lowest BCUT2D eigenvalue weighted by molar-refractivity contribution is -0.303. The summed E-state index contributed by atoms with van der Waals surface area (Å²) < 4.78 is 34.6. The van der Waals surface area contributed by atoms with Crippen molar-refractivity contribution < 1.29 is 62.4 Å². The molecular formula is C30H33BN4O13S. The van der Waals surface area contributed by atoms with E-state index in [1.807, 2.05) is 0 Å². The molecule has 1 saturated carbocycles. The number of rotatable bonds is 20. The first-order valence-electron chi connectivity index (χ1n) is 14.9. The fraction of sp³-hybridized carbons (Fsp3) is 0.333. The van der Waals surface area contributed by atoms with Crippen LogP contribution in [0, 0.1) is 5.92 Å². The predicted molar refractivity (Wildman–Crippen MR) is 167 cm³/mol. The van der Waals surface area contributed by atoms with Crippen LogP contribution in [0.5, 0.6) is 11.6 Å². The van der Waals surface area contributed by atoms with Crippen LogP contribution in [0.25, 0.3) is 0 Å². The van der Waals surface area contributed by atoms with Crippen molar-refractivity contribution in [2.75, 3.05) is 0 Å². The summed E-state index contributed by atoms with van der Waals surface area (Å²) in [6.07, 6.45) is 0.754. The zero-order chi connectivity index (χ0) is 35.6. The second-order valence-electron chi connectivity index (χ2n) is 11.3. The number of sulfonamides is 1. The van der Waals surface area contributed by atoms with Gasteiger partial charge in [-0.2, -0.15) is 4.72 Å². The number of hydrogen-bond acceptors (Lipinski definition) is 12. The van der Waals surface area contributed by atoms with E-state index < -0.39 is 76.4 Å². The van der Waals surface area contributed by atoms with E-state index >= 15 is 0 Å². The highest BCUT2D eigenvalue weighted by atomic mass is 32.2. The minimum Gasteiger partial charge on any atom is -0.481 e. The van der Waals surface area contributed by atoms with Gasteiger partial charge in [-0.1, -0.05) is 61.4 Å². The summed E-state index contributed by atoms with van der Waals surface area (Å²) in [7, 11) is -6.60. The van der Waals surface area contributed by atoms with Gasteiger partial charge in [0.15, 0.2) is 5.03 Å². The Kier molecular flexibility index (Phi) is 12.4. The van der Waals surface area contributed by atoms with E-state index in [-0.39, 0.29) is 24.6 Å². The van der Waals surface area contributed by atoms with E-state index in [0.29, 0.717) is 11.3 Å². The van der Waals surface area contributed by atoms with E-state index in [2.05, 4.69) is 20.0 Å². The van der Waals surface area contributed by atoms with Crippen molar-refractivity contribution >= 4 is 41.0 Å². The van der Waals surface area contributed by atoms with Crippen LogP contribution in [0.3, 0.4) is 0 Å². The summed E-state index contributed by atoms with van der Waals surface area (Å²) in [6.45, 7) is 0. The number of carboxylic acid groups (broad SMARTS) is 3. The van der Waals surface area contributed by atoms with Crippen LogP contribution in [-0.2, 0) is 45.3 Å². The van der Waals surface area contributed by atoms with E-state index in [9.17, 15) is 47.9 Å². The molecule has 1 aromatic heterocycles. The third-order valence-corrected chi connectivity index (χ3v) is 8.62. The topological polar surface area (TPSA) is 261 Å². The molecule has 17 nitrogen and oxygen atoms in total. The molecule has 2 aromatic carbocycles. The Bertz CT molecular complexity index is 1700. The molecule has 0 radical (unpaired) electrons. The predicted octanol–water partition coefficient (Wildman–Crippen LogP) is 1.18. The number of amides is 1. The summed E-state index contributed by atoms with van der Waals surface area (Å²) in [5, 5.41) is 40.8. The number of nitrogens with one attached hydrogen (secondary N) is 2. The van der Waals surface area contributed by atoms with Crippen LogP contribution in [0.4, 0.5) is 0 Å². The molecule has 2 atom stereocenters. The quantitative estimate of drug-likeness (QED) is 0.0549. The summed E-state index contributed by atoms with van der Waals surface area (Å²) >= 11 is 0. The Morgan fingerprint density at radius 1 is 0.918 bits per heavy atom. The highest BCUT2D eigenvalue weighted by Crippen LogP contribution is 2.34. The lowest BCUT2D eigenvalue weighted by Gasteiger charge is -2.28. The van der Waals surface area contributed by atoms with Crippen molar-refractivity contribution in [3.05, 3.63) is 78.6 Å². The number of aromatic nitrogens is 2. The summed E-state index contributed by atoms with van der Waals surface area (Å²) in [6, 6.07) is 15.5. The van der Waals surface area contributed by atoms with Gasteiger partial charge in [-0.05, 0) is 36.5 Å². The molecule has 1 fully saturated rings. The number of para-hydroxylation sites is 1. The Labute approximate surface area is 280 Å². The standard InChI is InChI=1S/C30H33BN4O13S/c36-26(37)15-30(29(41)42,16-27(38)39)47-48-31(43)23(14-20-11-12-20)34-28(40)22(13-19-7-3-1-4-8-19)35-49(44,45)25-18-32-24(17-33-25)46-21-9-5-2-6-10-21/h1-10,17-18,20,22-23,35,43H,11-16H2,(H,34,40)(H,36,37)(H,38,39)(H,41,42)/t22-,23-/m0/s1. The van der Waals surface area contributed by atoms with Crippen LogP contribution in [0.15, 0.2) is 78.1 Å². The largest absolute Gasteiger partial charge is 0.510 e. The van der Waals surface area contributed by atoms with Gasteiger partial charge in [0.05, 0.1) is 31.2 Å². The first-order chi connectivity index (χ1) is 23.3. The summed E-state index contributed by atoms with van der Waals surface area (Å²) in [5.41, 5.74) is -2.35. The number of nitrogens with zero attached hydrogens (tertiary/aromatic N) is 2. The fourth-order valence-corrected chi connectivity index (χ4v) is 5.71.